The highest BCUT2D eigenvalue weighted by atomic mass is 15.3. The van der Waals surface area contributed by atoms with Crippen LogP contribution in [-0.2, 0) is 12.8 Å². The van der Waals surface area contributed by atoms with Gasteiger partial charge in [-0.2, -0.15) is 10.2 Å². The van der Waals surface area contributed by atoms with Crippen molar-refractivity contribution in [3.63, 3.8) is 0 Å². The van der Waals surface area contributed by atoms with Crippen molar-refractivity contribution in [3.05, 3.63) is 35.2 Å². The summed E-state index contributed by atoms with van der Waals surface area (Å²) in [6.45, 7) is 6.16. The zero-order valence-corrected chi connectivity index (χ0v) is 15.1. The van der Waals surface area contributed by atoms with Gasteiger partial charge in [-0.15, -0.1) is 0 Å². The van der Waals surface area contributed by atoms with Crippen LogP contribution in [-0.4, -0.2) is 47.7 Å². The molecule has 134 valence electrons. The molecular weight excluding hydrogens is 326 g/mol. The van der Waals surface area contributed by atoms with Crippen molar-refractivity contribution in [1.82, 2.24) is 15.0 Å². The fourth-order valence-corrected chi connectivity index (χ4v) is 3.68. The van der Waals surface area contributed by atoms with E-state index in [0.717, 1.165) is 69.6 Å². The van der Waals surface area contributed by atoms with Crippen molar-refractivity contribution < 1.29 is 0 Å². The monoisotopic (exact) mass is 349 g/mol. The van der Waals surface area contributed by atoms with Crippen molar-refractivity contribution in [2.24, 2.45) is 0 Å². The number of nitrogens with zero attached hydrogens (tertiary/aromatic N) is 6. The zero-order chi connectivity index (χ0) is 17.9. The van der Waals surface area contributed by atoms with Gasteiger partial charge in [-0.25, -0.2) is 9.97 Å². The zero-order valence-electron chi connectivity index (χ0n) is 15.1. The van der Waals surface area contributed by atoms with Crippen LogP contribution in [0.1, 0.15) is 30.2 Å². The molecule has 4 rings (SSSR count). The molecule has 0 amide bonds. The van der Waals surface area contributed by atoms with Gasteiger partial charge < -0.3 is 15.1 Å². The summed E-state index contributed by atoms with van der Waals surface area (Å²) in [5.74, 6) is 2.45. The minimum absolute atomic E-state index is 0.699. The third-order valence-corrected chi connectivity index (χ3v) is 5.01. The highest BCUT2D eigenvalue weighted by Crippen LogP contribution is 2.28. The number of piperazine rings is 1. The van der Waals surface area contributed by atoms with Gasteiger partial charge in [-0.1, -0.05) is 0 Å². The summed E-state index contributed by atoms with van der Waals surface area (Å²) in [5, 5.41) is 12.8. The average Bonchev–Trinajstić information content (AvgIpc) is 3.15. The molecule has 0 radical (unpaired) electrons. The third kappa shape index (κ3) is 3.15. The average molecular weight is 349 g/mol. The van der Waals surface area contributed by atoms with E-state index in [0.29, 0.717) is 5.56 Å². The highest BCUT2D eigenvalue weighted by molar-refractivity contribution is 5.58. The molecule has 7 heteroatoms. The van der Waals surface area contributed by atoms with E-state index in [4.69, 9.17) is 4.98 Å². The maximum atomic E-state index is 9.54. The second kappa shape index (κ2) is 7.16. The predicted molar refractivity (Wildman–Crippen MR) is 102 cm³/mol. The molecule has 0 atom stereocenters. The van der Waals surface area contributed by atoms with Crippen LogP contribution in [0.3, 0.4) is 0 Å². The first-order valence-electron chi connectivity index (χ1n) is 9.28. The van der Waals surface area contributed by atoms with E-state index in [1.54, 1.807) is 6.20 Å². The summed E-state index contributed by atoms with van der Waals surface area (Å²) in [7, 11) is 0. The lowest BCUT2D eigenvalue weighted by atomic mass is 10.1. The first-order chi connectivity index (χ1) is 12.8. The molecule has 0 unspecified atom stereocenters. The van der Waals surface area contributed by atoms with Crippen LogP contribution in [0, 0.1) is 11.3 Å². The third-order valence-electron chi connectivity index (χ3n) is 5.01. The number of hydrogen-bond acceptors (Lipinski definition) is 7. The Bertz CT molecular complexity index is 834. The Labute approximate surface area is 153 Å². The summed E-state index contributed by atoms with van der Waals surface area (Å²) in [5.41, 5.74) is 3.12. The molecule has 0 saturated carbocycles. The van der Waals surface area contributed by atoms with E-state index in [-0.39, 0.29) is 0 Å². The second-order valence-corrected chi connectivity index (χ2v) is 6.68. The maximum absolute atomic E-state index is 9.54. The first kappa shape index (κ1) is 16.6. The van der Waals surface area contributed by atoms with Crippen LogP contribution in [0.25, 0.3) is 0 Å². The lowest BCUT2D eigenvalue weighted by molar-refractivity contribution is 0.633. The van der Waals surface area contributed by atoms with E-state index < -0.39 is 0 Å². The number of aryl methyl sites for hydroxylation is 2. The lowest BCUT2D eigenvalue weighted by Gasteiger charge is -2.36. The number of nitrogens with one attached hydrogen (secondary N) is 1. The normalized spacial score (nSPS) is 16.3. The SMILES string of the molecule is CCNc1ccnc(N2CCN(c3nc4c(cc3C#N)CCC4)CC2)n1. The van der Waals surface area contributed by atoms with Gasteiger partial charge in [0.05, 0.1) is 5.56 Å². The smallest absolute Gasteiger partial charge is 0.227 e. The Morgan fingerprint density at radius 1 is 1.15 bits per heavy atom. The van der Waals surface area contributed by atoms with Gasteiger partial charge in [0.15, 0.2) is 0 Å². The van der Waals surface area contributed by atoms with Crippen molar-refractivity contribution in [1.29, 1.82) is 5.26 Å². The van der Waals surface area contributed by atoms with Crippen molar-refractivity contribution in [2.45, 2.75) is 26.2 Å². The molecular formula is C19H23N7. The maximum Gasteiger partial charge on any atom is 0.227 e. The molecule has 1 aliphatic carbocycles. The Kier molecular flexibility index (Phi) is 4.57. The molecule has 1 saturated heterocycles. The van der Waals surface area contributed by atoms with E-state index in [2.05, 4.69) is 38.1 Å². The molecule has 0 aromatic carbocycles. The summed E-state index contributed by atoms with van der Waals surface area (Å²) < 4.78 is 0. The molecule has 2 aromatic heterocycles. The van der Waals surface area contributed by atoms with Gasteiger partial charge in [0, 0.05) is 44.6 Å². The molecule has 0 spiro atoms. The van der Waals surface area contributed by atoms with Gasteiger partial charge in [0.25, 0.3) is 0 Å². The van der Waals surface area contributed by atoms with Crippen LogP contribution >= 0.6 is 0 Å². The Morgan fingerprint density at radius 2 is 1.96 bits per heavy atom. The van der Waals surface area contributed by atoms with E-state index >= 15 is 0 Å². The van der Waals surface area contributed by atoms with E-state index in [1.807, 2.05) is 12.1 Å². The molecule has 1 aliphatic heterocycles. The van der Waals surface area contributed by atoms with Gasteiger partial charge in [-0.05, 0) is 43.9 Å². The Balaban J connectivity index is 1.49. The first-order valence-corrected chi connectivity index (χ1v) is 9.28. The lowest BCUT2D eigenvalue weighted by Crippen LogP contribution is -2.47. The summed E-state index contributed by atoms with van der Waals surface area (Å²) >= 11 is 0. The van der Waals surface area contributed by atoms with E-state index in [9.17, 15) is 5.26 Å². The topological polar surface area (TPSA) is 81.0 Å². The number of aromatic nitrogens is 3. The Hall–Kier alpha value is -2.88. The van der Waals surface area contributed by atoms with E-state index in [1.165, 1.54) is 11.3 Å². The molecule has 2 aromatic rings. The largest absolute Gasteiger partial charge is 0.370 e. The van der Waals surface area contributed by atoms with Gasteiger partial charge in [0.2, 0.25) is 5.95 Å². The number of anilines is 3. The summed E-state index contributed by atoms with van der Waals surface area (Å²) in [6, 6.07) is 6.26. The number of nitriles is 1. The fourth-order valence-electron chi connectivity index (χ4n) is 3.68. The molecule has 2 aliphatic rings. The minimum atomic E-state index is 0.699. The van der Waals surface area contributed by atoms with Crippen molar-refractivity contribution >= 4 is 17.6 Å². The quantitative estimate of drug-likeness (QED) is 0.904. The van der Waals surface area contributed by atoms with Gasteiger partial charge in [0.1, 0.15) is 17.7 Å². The van der Waals surface area contributed by atoms with Crippen LogP contribution in [0.5, 0.6) is 0 Å². The van der Waals surface area contributed by atoms with Crippen LogP contribution in [0.4, 0.5) is 17.6 Å². The Morgan fingerprint density at radius 3 is 2.73 bits per heavy atom. The van der Waals surface area contributed by atoms with Crippen molar-refractivity contribution in [3.8, 4) is 6.07 Å². The van der Waals surface area contributed by atoms with Crippen LogP contribution in [0.2, 0.25) is 0 Å². The molecule has 0 bridgehead atoms. The second-order valence-electron chi connectivity index (χ2n) is 6.68. The molecule has 1 N–H and O–H groups in total. The number of hydrogen-bond donors (Lipinski definition) is 1. The predicted octanol–water partition coefficient (Wildman–Crippen LogP) is 1.99. The molecule has 1 fully saturated rings. The van der Waals surface area contributed by atoms with Crippen LogP contribution in [0.15, 0.2) is 18.3 Å². The standard InChI is InChI=1S/C19H23N7/c1-2-21-17-6-7-22-19(24-17)26-10-8-25(9-11-26)18-15(13-20)12-14-4-3-5-16(14)23-18/h6-7,12H,2-5,8-11H2,1H3,(H,21,22,24). The highest BCUT2D eigenvalue weighted by Gasteiger charge is 2.24. The van der Waals surface area contributed by atoms with Crippen molar-refractivity contribution in [2.75, 3.05) is 47.8 Å². The van der Waals surface area contributed by atoms with Gasteiger partial charge in [-0.3, -0.25) is 0 Å². The molecule has 26 heavy (non-hydrogen) atoms. The van der Waals surface area contributed by atoms with Crippen LogP contribution < -0.4 is 15.1 Å². The molecule has 3 heterocycles. The number of fused-ring (bicyclic) bond motifs is 1. The minimum Gasteiger partial charge on any atom is -0.370 e. The number of rotatable bonds is 4. The van der Waals surface area contributed by atoms with Gasteiger partial charge >= 0.3 is 0 Å². The molecule has 7 nitrogen and oxygen atoms in total. The fraction of sp³-hybridized carbons (Fsp3) is 0.474. The summed E-state index contributed by atoms with van der Waals surface area (Å²) in [4.78, 5) is 18.2. The summed E-state index contributed by atoms with van der Waals surface area (Å²) in [6.07, 6.45) is 5.01. The number of pyridine rings is 1.